The van der Waals surface area contributed by atoms with Crippen molar-refractivity contribution in [2.24, 2.45) is 0 Å². The Morgan fingerprint density at radius 3 is 2.38 bits per heavy atom. The van der Waals surface area contributed by atoms with Crippen molar-refractivity contribution in [3.63, 3.8) is 0 Å². The largest absolute Gasteiger partial charge is 0.497 e. The molecule has 0 fully saturated rings. The quantitative estimate of drug-likeness (QED) is 0.342. The smallest absolute Gasteiger partial charge is 0.338 e. The fourth-order valence-electron chi connectivity index (χ4n) is 2.76. The third-order valence-electron chi connectivity index (χ3n) is 4.51. The second-order valence-electron chi connectivity index (χ2n) is 6.20. The van der Waals surface area contributed by atoms with Gasteiger partial charge < -0.3 is 19.1 Å². The van der Waals surface area contributed by atoms with E-state index in [4.69, 9.17) is 14.2 Å². The number of allylic oxidation sites excluding steroid dienone is 1. The topological polar surface area (TPSA) is 65.1 Å². The van der Waals surface area contributed by atoms with Gasteiger partial charge in [0, 0.05) is 37.0 Å². The van der Waals surface area contributed by atoms with Crippen molar-refractivity contribution in [1.82, 2.24) is 4.90 Å². The molecule has 0 bridgehead atoms. The number of methoxy groups -OCH3 is 2. The summed E-state index contributed by atoms with van der Waals surface area (Å²) in [5.74, 6) is 0.354. The van der Waals surface area contributed by atoms with E-state index in [1.807, 2.05) is 24.8 Å². The van der Waals surface area contributed by atoms with E-state index >= 15 is 0 Å². The lowest BCUT2D eigenvalue weighted by Gasteiger charge is -2.15. The Morgan fingerprint density at radius 1 is 1.00 bits per heavy atom. The molecular formula is C23H27NO5. The molecule has 2 aromatic rings. The summed E-state index contributed by atoms with van der Waals surface area (Å²) in [7, 11) is 2.88. The maximum atomic E-state index is 12.7. The van der Waals surface area contributed by atoms with Crippen molar-refractivity contribution in [1.29, 1.82) is 0 Å². The molecule has 6 nitrogen and oxygen atoms in total. The third kappa shape index (κ3) is 5.85. The average molecular weight is 397 g/mol. The van der Waals surface area contributed by atoms with Gasteiger partial charge in [0.05, 0.1) is 25.3 Å². The minimum absolute atomic E-state index is 0.110. The Bertz CT molecular complexity index is 871. The molecule has 0 unspecified atom stereocenters. The molecule has 0 heterocycles. The van der Waals surface area contributed by atoms with E-state index in [0.29, 0.717) is 28.2 Å². The van der Waals surface area contributed by atoms with Crippen molar-refractivity contribution in [3.8, 4) is 11.5 Å². The van der Waals surface area contributed by atoms with Crippen molar-refractivity contribution in [2.45, 2.75) is 20.5 Å². The van der Waals surface area contributed by atoms with Crippen LogP contribution in [0.1, 0.15) is 40.1 Å². The first-order valence-electron chi connectivity index (χ1n) is 9.47. The van der Waals surface area contributed by atoms with Crippen LogP contribution in [-0.4, -0.2) is 44.0 Å². The van der Waals surface area contributed by atoms with Crippen LogP contribution >= 0.6 is 0 Å². The van der Waals surface area contributed by atoms with Gasteiger partial charge in [0.1, 0.15) is 18.1 Å². The number of rotatable bonds is 10. The monoisotopic (exact) mass is 397 g/mol. The van der Waals surface area contributed by atoms with Crippen LogP contribution in [0, 0.1) is 0 Å². The maximum Gasteiger partial charge on any atom is 0.338 e. The summed E-state index contributed by atoms with van der Waals surface area (Å²) in [5, 5.41) is 0. The van der Waals surface area contributed by atoms with E-state index in [1.54, 1.807) is 49.7 Å². The van der Waals surface area contributed by atoms with Crippen LogP contribution in [0.25, 0.3) is 0 Å². The highest BCUT2D eigenvalue weighted by atomic mass is 16.5. The van der Waals surface area contributed by atoms with Gasteiger partial charge in [0.25, 0.3) is 0 Å². The summed E-state index contributed by atoms with van der Waals surface area (Å²) in [4.78, 5) is 26.7. The van der Waals surface area contributed by atoms with Gasteiger partial charge in [-0.3, -0.25) is 4.79 Å². The first-order valence-corrected chi connectivity index (χ1v) is 9.47. The molecule has 0 aliphatic heterocycles. The lowest BCUT2D eigenvalue weighted by molar-refractivity contribution is 0.0597. The van der Waals surface area contributed by atoms with E-state index in [0.717, 1.165) is 13.1 Å². The van der Waals surface area contributed by atoms with E-state index in [-0.39, 0.29) is 12.4 Å². The van der Waals surface area contributed by atoms with Crippen LogP contribution < -0.4 is 9.47 Å². The number of hydrogen-bond donors (Lipinski definition) is 0. The van der Waals surface area contributed by atoms with Gasteiger partial charge in [-0.1, -0.05) is 18.2 Å². The number of ether oxygens (including phenoxy) is 3. The summed E-state index contributed by atoms with van der Waals surface area (Å²) in [6.07, 6.45) is 3.31. The van der Waals surface area contributed by atoms with Crippen LogP contribution in [0.5, 0.6) is 11.5 Å². The minimum Gasteiger partial charge on any atom is -0.497 e. The number of carbonyl (C=O) groups is 2. The first-order chi connectivity index (χ1) is 14.0. The number of hydrogen-bond acceptors (Lipinski definition) is 6. The molecule has 2 rings (SSSR count). The summed E-state index contributed by atoms with van der Waals surface area (Å²) >= 11 is 0. The minimum atomic E-state index is -0.437. The number of ketones is 1. The summed E-state index contributed by atoms with van der Waals surface area (Å²) in [5.41, 5.74) is 1.51. The predicted octanol–water partition coefficient (Wildman–Crippen LogP) is 4.10. The Balaban J connectivity index is 2.28. The number of esters is 1. The number of carbonyl (C=O) groups excluding carboxylic acids is 2. The van der Waals surface area contributed by atoms with Crippen molar-refractivity contribution >= 4 is 11.8 Å². The Kier molecular flexibility index (Phi) is 8.27. The standard InChI is InChI=1S/C23H27NO5/c1-5-24(6-2)14-13-21(25)20-12-11-18(27-3)15-22(20)29-16-17-9-7-8-10-19(17)23(26)28-4/h7-15H,5-6,16H2,1-4H3. The van der Waals surface area contributed by atoms with Crippen LogP contribution in [0.3, 0.4) is 0 Å². The second kappa shape index (κ2) is 10.9. The summed E-state index contributed by atoms with van der Waals surface area (Å²) in [6, 6.07) is 12.1. The average Bonchev–Trinajstić information content (AvgIpc) is 2.77. The summed E-state index contributed by atoms with van der Waals surface area (Å²) in [6.45, 7) is 5.80. The zero-order valence-corrected chi connectivity index (χ0v) is 17.3. The molecule has 0 aliphatic rings. The van der Waals surface area contributed by atoms with Crippen molar-refractivity contribution in [3.05, 3.63) is 71.4 Å². The molecule has 0 saturated carbocycles. The summed E-state index contributed by atoms with van der Waals surface area (Å²) < 4.78 is 16.0. The fraction of sp³-hybridized carbons (Fsp3) is 0.304. The van der Waals surface area contributed by atoms with Gasteiger partial charge in [-0.05, 0) is 32.0 Å². The van der Waals surface area contributed by atoms with Gasteiger partial charge in [-0.15, -0.1) is 0 Å². The molecule has 2 aromatic carbocycles. The number of benzene rings is 2. The van der Waals surface area contributed by atoms with Crippen LogP contribution in [0.2, 0.25) is 0 Å². The van der Waals surface area contributed by atoms with E-state index in [9.17, 15) is 9.59 Å². The first kappa shape index (κ1) is 22.0. The molecule has 0 N–H and O–H groups in total. The van der Waals surface area contributed by atoms with E-state index < -0.39 is 5.97 Å². The van der Waals surface area contributed by atoms with Crippen molar-refractivity contribution in [2.75, 3.05) is 27.3 Å². The molecule has 29 heavy (non-hydrogen) atoms. The highest BCUT2D eigenvalue weighted by Gasteiger charge is 2.15. The zero-order valence-electron chi connectivity index (χ0n) is 17.3. The van der Waals surface area contributed by atoms with Crippen LogP contribution in [0.4, 0.5) is 0 Å². The molecule has 0 aromatic heterocycles. The second-order valence-corrected chi connectivity index (χ2v) is 6.20. The SMILES string of the molecule is CCN(C=CC(=O)c1ccc(OC)cc1OCc1ccccc1C(=O)OC)CC. The molecule has 0 spiro atoms. The molecule has 0 amide bonds. The molecule has 0 saturated heterocycles. The maximum absolute atomic E-state index is 12.7. The van der Waals surface area contributed by atoms with Gasteiger partial charge in [0.15, 0.2) is 5.78 Å². The third-order valence-corrected chi connectivity index (χ3v) is 4.51. The van der Waals surface area contributed by atoms with Crippen molar-refractivity contribution < 1.29 is 23.8 Å². The Hall–Kier alpha value is -3.28. The van der Waals surface area contributed by atoms with Gasteiger partial charge in [-0.25, -0.2) is 4.79 Å². The van der Waals surface area contributed by atoms with Gasteiger partial charge >= 0.3 is 5.97 Å². The highest BCUT2D eigenvalue weighted by Crippen LogP contribution is 2.27. The molecule has 0 aliphatic carbocycles. The molecule has 0 atom stereocenters. The fourth-order valence-corrected chi connectivity index (χ4v) is 2.76. The lowest BCUT2D eigenvalue weighted by atomic mass is 10.1. The van der Waals surface area contributed by atoms with Gasteiger partial charge in [-0.2, -0.15) is 0 Å². The number of nitrogens with zero attached hydrogens (tertiary/aromatic N) is 1. The molecule has 154 valence electrons. The predicted molar refractivity (Wildman–Crippen MR) is 111 cm³/mol. The lowest BCUT2D eigenvalue weighted by Crippen LogP contribution is -2.16. The van der Waals surface area contributed by atoms with E-state index in [2.05, 4.69) is 0 Å². The normalized spacial score (nSPS) is 10.6. The van der Waals surface area contributed by atoms with Crippen LogP contribution in [-0.2, 0) is 11.3 Å². The molecule has 0 radical (unpaired) electrons. The highest BCUT2D eigenvalue weighted by molar-refractivity contribution is 6.06. The molecule has 6 heteroatoms. The Labute approximate surface area is 171 Å². The van der Waals surface area contributed by atoms with Crippen LogP contribution in [0.15, 0.2) is 54.7 Å². The van der Waals surface area contributed by atoms with E-state index in [1.165, 1.54) is 13.2 Å². The molecular weight excluding hydrogens is 370 g/mol. The zero-order chi connectivity index (χ0) is 21.2. The Morgan fingerprint density at radius 2 is 1.72 bits per heavy atom. The van der Waals surface area contributed by atoms with Gasteiger partial charge in [0.2, 0.25) is 0 Å².